The van der Waals surface area contributed by atoms with Crippen molar-refractivity contribution in [2.45, 2.75) is 26.9 Å². The highest BCUT2D eigenvalue weighted by molar-refractivity contribution is 5.87. The number of aliphatic hydroxyl groups is 1. The van der Waals surface area contributed by atoms with E-state index in [4.69, 9.17) is 0 Å². The van der Waals surface area contributed by atoms with E-state index < -0.39 is 0 Å². The highest BCUT2D eigenvalue weighted by Crippen LogP contribution is 2.23. The topological polar surface area (TPSA) is 65.7 Å². The molecule has 0 aliphatic rings. The lowest BCUT2D eigenvalue weighted by Gasteiger charge is -2.07. The molecule has 0 unspecified atom stereocenters. The van der Waals surface area contributed by atoms with Crippen molar-refractivity contribution in [2.75, 3.05) is 0 Å². The Hall–Kier alpha value is -2.20. The number of aliphatic hydroxyl groups excluding tert-OH is 1. The van der Waals surface area contributed by atoms with Crippen LogP contribution in [0.5, 0.6) is 5.75 Å². The number of aryl methyl sites for hydroxylation is 2. The molecule has 1 aromatic heterocycles. The summed E-state index contributed by atoms with van der Waals surface area (Å²) in [7, 11) is 0. The molecule has 0 bridgehead atoms. The standard InChI is InChI=1S/C16H18N2O2/c1-3-12-5-4-6-14(7-12)18-9-15-13(10-19)8-17-11(2)16(15)20/h4-9,19-20H,3,10H2,1-2H3. The molecule has 20 heavy (non-hydrogen) atoms. The van der Waals surface area contributed by atoms with E-state index in [0.717, 1.165) is 12.1 Å². The number of pyridine rings is 1. The van der Waals surface area contributed by atoms with Crippen molar-refractivity contribution in [3.63, 3.8) is 0 Å². The smallest absolute Gasteiger partial charge is 0.145 e. The summed E-state index contributed by atoms with van der Waals surface area (Å²) in [6.45, 7) is 3.62. The summed E-state index contributed by atoms with van der Waals surface area (Å²) < 4.78 is 0. The third-order valence-electron chi connectivity index (χ3n) is 3.19. The molecule has 0 amide bonds. The number of aliphatic imine (C=N–C) groups is 1. The molecule has 4 heteroatoms. The zero-order valence-corrected chi connectivity index (χ0v) is 11.7. The number of nitrogens with zero attached hydrogens (tertiary/aromatic N) is 2. The molecule has 2 rings (SSSR count). The van der Waals surface area contributed by atoms with Crippen LogP contribution >= 0.6 is 0 Å². The molecule has 0 spiro atoms. The predicted molar refractivity (Wildman–Crippen MR) is 79.6 cm³/mol. The Morgan fingerprint density at radius 1 is 1.35 bits per heavy atom. The van der Waals surface area contributed by atoms with Crippen molar-refractivity contribution >= 4 is 11.9 Å². The molecule has 1 heterocycles. The molecule has 0 atom stereocenters. The Bertz CT molecular complexity index is 636. The van der Waals surface area contributed by atoms with Gasteiger partial charge in [-0.2, -0.15) is 0 Å². The van der Waals surface area contributed by atoms with Crippen molar-refractivity contribution in [1.82, 2.24) is 4.98 Å². The molecule has 2 N–H and O–H groups in total. The maximum atomic E-state index is 10.0. The fraction of sp³-hybridized carbons (Fsp3) is 0.250. The van der Waals surface area contributed by atoms with Gasteiger partial charge in [-0.15, -0.1) is 0 Å². The third-order valence-corrected chi connectivity index (χ3v) is 3.19. The second-order valence-corrected chi connectivity index (χ2v) is 4.57. The van der Waals surface area contributed by atoms with E-state index in [2.05, 4.69) is 16.9 Å². The van der Waals surface area contributed by atoms with Crippen molar-refractivity contribution in [3.8, 4) is 5.75 Å². The molecule has 104 valence electrons. The van der Waals surface area contributed by atoms with Crippen LogP contribution in [0, 0.1) is 6.92 Å². The van der Waals surface area contributed by atoms with E-state index in [0.29, 0.717) is 16.8 Å². The summed E-state index contributed by atoms with van der Waals surface area (Å²) in [5.74, 6) is 0.0620. The zero-order chi connectivity index (χ0) is 14.5. The first-order valence-electron chi connectivity index (χ1n) is 6.57. The lowest BCUT2D eigenvalue weighted by atomic mass is 10.1. The van der Waals surface area contributed by atoms with E-state index in [1.54, 1.807) is 19.3 Å². The van der Waals surface area contributed by atoms with E-state index in [-0.39, 0.29) is 12.4 Å². The minimum atomic E-state index is -0.183. The van der Waals surface area contributed by atoms with Gasteiger partial charge in [-0.3, -0.25) is 9.98 Å². The zero-order valence-electron chi connectivity index (χ0n) is 11.7. The summed E-state index contributed by atoms with van der Waals surface area (Å²) in [6.07, 6.45) is 4.08. The minimum Gasteiger partial charge on any atom is -0.505 e. The molecule has 0 fully saturated rings. The van der Waals surface area contributed by atoms with Crippen LogP contribution in [0.1, 0.15) is 29.3 Å². The van der Waals surface area contributed by atoms with Gasteiger partial charge in [-0.1, -0.05) is 19.1 Å². The lowest BCUT2D eigenvalue weighted by molar-refractivity contribution is 0.280. The molecular weight excluding hydrogens is 252 g/mol. The maximum Gasteiger partial charge on any atom is 0.145 e. The highest BCUT2D eigenvalue weighted by Gasteiger charge is 2.09. The number of rotatable bonds is 4. The quantitative estimate of drug-likeness (QED) is 0.839. The monoisotopic (exact) mass is 270 g/mol. The molecule has 1 aromatic carbocycles. The number of hydrogen-bond donors (Lipinski definition) is 2. The van der Waals surface area contributed by atoms with Crippen LogP contribution in [0.25, 0.3) is 0 Å². The second kappa shape index (κ2) is 6.30. The van der Waals surface area contributed by atoms with Gasteiger partial charge < -0.3 is 10.2 Å². The first kappa shape index (κ1) is 14.2. The number of benzene rings is 1. The second-order valence-electron chi connectivity index (χ2n) is 4.57. The van der Waals surface area contributed by atoms with Crippen LogP contribution < -0.4 is 0 Å². The van der Waals surface area contributed by atoms with E-state index >= 15 is 0 Å². The molecule has 0 radical (unpaired) electrons. The van der Waals surface area contributed by atoms with E-state index in [1.807, 2.05) is 24.3 Å². The van der Waals surface area contributed by atoms with Gasteiger partial charge in [0.05, 0.1) is 18.0 Å². The van der Waals surface area contributed by atoms with Crippen molar-refractivity contribution < 1.29 is 10.2 Å². The maximum absolute atomic E-state index is 10.0. The van der Waals surface area contributed by atoms with Crippen LogP contribution in [-0.4, -0.2) is 21.4 Å². The summed E-state index contributed by atoms with van der Waals surface area (Å²) in [6, 6.07) is 7.90. The van der Waals surface area contributed by atoms with Crippen molar-refractivity contribution in [2.24, 2.45) is 4.99 Å². The van der Waals surface area contributed by atoms with Gasteiger partial charge in [-0.25, -0.2) is 0 Å². The first-order chi connectivity index (χ1) is 9.65. The molecule has 0 saturated carbocycles. The summed E-state index contributed by atoms with van der Waals surface area (Å²) in [4.78, 5) is 8.39. The first-order valence-corrected chi connectivity index (χ1v) is 6.57. The van der Waals surface area contributed by atoms with Gasteiger partial charge in [0.25, 0.3) is 0 Å². The average Bonchev–Trinajstić information content (AvgIpc) is 2.49. The van der Waals surface area contributed by atoms with Gasteiger partial charge >= 0.3 is 0 Å². The normalized spacial score (nSPS) is 11.2. The Labute approximate surface area is 118 Å². The Kier molecular flexibility index (Phi) is 4.48. The predicted octanol–water partition coefficient (Wildman–Crippen LogP) is 2.90. The third kappa shape index (κ3) is 3.03. The van der Waals surface area contributed by atoms with Gasteiger partial charge in [0.2, 0.25) is 0 Å². The van der Waals surface area contributed by atoms with Gasteiger partial charge in [0, 0.05) is 23.5 Å². The number of hydrogen-bond acceptors (Lipinski definition) is 4. The number of aromatic nitrogens is 1. The summed E-state index contributed by atoms with van der Waals surface area (Å²) >= 11 is 0. The fourth-order valence-electron chi connectivity index (χ4n) is 1.92. The molecule has 4 nitrogen and oxygen atoms in total. The number of aromatic hydroxyl groups is 1. The minimum absolute atomic E-state index is 0.0620. The average molecular weight is 270 g/mol. The van der Waals surface area contributed by atoms with Crippen LogP contribution in [-0.2, 0) is 13.0 Å². The van der Waals surface area contributed by atoms with E-state index in [1.165, 1.54) is 5.56 Å². The van der Waals surface area contributed by atoms with Crippen LogP contribution in [0.4, 0.5) is 5.69 Å². The highest BCUT2D eigenvalue weighted by atomic mass is 16.3. The van der Waals surface area contributed by atoms with Gasteiger partial charge in [0.15, 0.2) is 0 Å². The van der Waals surface area contributed by atoms with Crippen LogP contribution in [0.3, 0.4) is 0 Å². The molecular formula is C16H18N2O2. The summed E-state index contributed by atoms with van der Waals surface area (Å²) in [5, 5.41) is 19.3. The van der Waals surface area contributed by atoms with Gasteiger partial charge in [0.1, 0.15) is 5.75 Å². The largest absolute Gasteiger partial charge is 0.505 e. The Balaban J connectivity index is 2.37. The van der Waals surface area contributed by atoms with E-state index in [9.17, 15) is 10.2 Å². The fourth-order valence-corrected chi connectivity index (χ4v) is 1.92. The lowest BCUT2D eigenvalue weighted by Crippen LogP contribution is -1.97. The van der Waals surface area contributed by atoms with Crippen LogP contribution in [0.15, 0.2) is 35.5 Å². The summed E-state index contributed by atoms with van der Waals surface area (Å²) in [5.41, 5.74) is 3.62. The molecule has 2 aromatic rings. The Morgan fingerprint density at radius 3 is 2.85 bits per heavy atom. The van der Waals surface area contributed by atoms with Crippen LogP contribution in [0.2, 0.25) is 0 Å². The Morgan fingerprint density at radius 2 is 2.15 bits per heavy atom. The molecule has 0 aliphatic carbocycles. The van der Waals surface area contributed by atoms with Crippen molar-refractivity contribution in [3.05, 3.63) is 52.8 Å². The molecule has 0 saturated heterocycles. The molecule has 0 aliphatic heterocycles. The van der Waals surface area contributed by atoms with Crippen molar-refractivity contribution in [1.29, 1.82) is 0 Å². The SMILES string of the molecule is CCc1cccc(N=Cc2c(CO)cnc(C)c2O)c1. The van der Waals surface area contributed by atoms with Gasteiger partial charge in [-0.05, 0) is 31.0 Å².